The molecule has 0 saturated carbocycles. The van der Waals surface area contributed by atoms with E-state index in [1.165, 1.54) is 0 Å². The molecule has 0 aromatic heterocycles. The van der Waals surface area contributed by atoms with Crippen molar-refractivity contribution in [3.63, 3.8) is 0 Å². The number of rotatable bonds is 0. The molecule has 0 aliphatic rings. The van der Waals surface area contributed by atoms with Gasteiger partial charge in [0, 0.05) is 17.1 Å². The van der Waals surface area contributed by atoms with Crippen molar-refractivity contribution in [2.24, 2.45) is 0 Å². The van der Waals surface area contributed by atoms with Gasteiger partial charge in [0.2, 0.25) is 0 Å². The Morgan fingerprint density at radius 1 is 1.14 bits per heavy atom. The van der Waals surface area contributed by atoms with Gasteiger partial charge in [-0.2, -0.15) is 0 Å². The number of halogens is 1. The van der Waals surface area contributed by atoms with Gasteiger partial charge in [0.25, 0.3) is 0 Å². The van der Waals surface area contributed by atoms with Crippen molar-refractivity contribution < 1.29 is 45.7 Å². The molecule has 0 spiro atoms. The van der Waals surface area contributed by atoms with E-state index in [-0.39, 0.29) is 29.5 Å². The first-order valence-corrected chi connectivity index (χ1v) is 2.61. The molecule has 7 heteroatoms. The van der Waals surface area contributed by atoms with E-state index in [1.807, 2.05) is 0 Å². The molecule has 0 rings (SSSR count). The van der Waals surface area contributed by atoms with Crippen LogP contribution in [0.25, 0.3) is 0 Å². The Kier molecular flexibility index (Phi) is 10.8. The van der Waals surface area contributed by atoms with Crippen LogP contribution in [0.1, 0.15) is 0 Å². The average molecular weight is 211 g/mol. The van der Waals surface area contributed by atoms with Crippen LogP contribution in [0.2, 0.25) is 0 Å². The van der Waals surface area contributed by atoms with E-state index in [0.717, 1.165) is 0 Å². The molecule has 1 N–H and O–H groups in total. The van der Waals surface area contributed by atoms with E-state index in [9.17, 15) is 0 Å². The molecule has 0 atom stereocenters. The summed E-state index contributed by atoms with van der Waals surface area (Å²) in [5, 5.41) is 0. The molecule has 7 heavy (non-hydrogen) atoms. The van der Waals surface area contributed by atoms with Gasteiger partial charge in [-0.25, -0.2) is 0 Å². The second-order valence-electron chi connectivity index (χ2n) is 0.396. The van der Waals surface area contributed by atoms with E-state index in [4.69, 9.17) is 15.7 Å². The van der Waals surface area contributed by atoms with Crippen LogP contribution in [-0.2, 0) is 41.5 Å². The van der Waals surface area contributed by atoms with E-state index < -0.39 is 13.0 Å². The van der Waals surface area contributed by atoms with Gasteiger partial charge in [-0.05, 0) is 0 Å². The van der Waals surface area contributed by atoms with E-state index in [2.05, 4.69) is 0 Å². The van der Waals surface area contributed by atoms with Gasteiger partial charge in [0.15, 0.2) is 0 Å². The van der Waals surface area contributed by atoms with Crippen molar-refractivity contribution in [1.29, 1.82) is 0 Å². The summed E-state index contributed by atoms with van der Waals surface area (Å²) in [6.45, 7) is 0. The van der Waals surface area contributed by atoms with Gasteiger partial charge in [-0.3, -0.25) is 0 Å². The average Bonchev–Trinajstić information content (AvgIpc) is 0.722. The first-order valence-electron chi connectivity index (χ1n) is 0.632. The van der Waals surface area contributed by atoms with Gasteiger partial charge in [0.1, 0.15) is 0 Å². The minimum absolute atomic E-state index is 0. The SMILES string of the molecule is Cl.[Mn].[O]=[Mn](=[O])(=[O])[OH]. The van der Waals surface area contributed by atoms with Crippen LogP contribution in [-0.4, -0.2) is 4.19 Å². The molecule has 0 bridgehead atoms. The number of hydrogen-bond donors (Lipinski definition) is 1. The summed E-state index contributed by atoms with van der Waals surface area (Å²) in [5.74, 6) is 0. The van der Waals surface area contributed by atoms with Gasteiger partial charge in [-0.1, -0.05) is 0 Å². The Labute approximate surface area is 58.3 Å². The summed E-state index contributed by atoms with van der Waals surface area (Å²) in [4.78, 5) is 0. The van der Waals surface area contributed by atoms with Crippen molar-refractivity contribution in [2.75, 3.05) is 0 Å². The van der Waals surface area contributed by atoms with Crippen LogP contribution < -0.4 is 0 Å². The van der Waals surface area contributed by atoms with Crippen LogP contribution in [0.3, 0.4) is 0 Å². The summed E-state index contributed by atoms with van der Waals surface area (Å²) in [7, 11) is 0. The molecule has 0 aliphatic carbocycles. The Morgan fingerprint density at radius 2 is 1.14 bits per heavy atom. The van der Waals surface area contributed by atoms with Crippen LogP contribution >= 0.6 is 12.4 Å². The van der Waals surface area contributed by atoms with Crippen molar-refractivity contribution in [3.05, 3.63) is 0 Å². The Hall–Kier alpha value is 0.689. The summed E-state index contributed by atoms with van der Waals surface area (Å²) in [6.07, 6.45) is 0. The van der Waals surface area contributed by atoms with Gasteiger partial charge >= 0.3 is 28.7 Å². The second-order valence-corrected chi connectivity index (χ2v) is 1.63. The molecule has 4 nitrogen and oxygen atoms in total. The van der Waals surface area contributed by atoms with Gasteiger partial charge in [-0.15, -0.1) is 12.4 Å². The maximum atomic E-state index is 8.69. The summed E-state index contributed by atoms with van der Waals surface area (Å²) < 4.78 is 33.1. The molecule has 0 unspecified atom stereocenters. The molecule has 0 aliphatic heterocycles. The van der Waals surface area contributed by atoms with Crippen molar-refractivity contribution >= 4 is 12.4 Å². The van der Waals surface area contributed by atoms with Gasteiger partial charge < -0.3 is 0 Å². The monoisotopic (exact) mass is 211 g/mol. The number of hydrogen-bond acceptors (Lipinski definition) is 3. The van der Waals surface area contributed by atoms with Crippen LogP contribution in [0.15, 0.2) is 0 Å². The zero-order valence-electron chi connectivity index (χ0n) is 2.84. The molecule has 1 radical (unpaired) electrons. The molecular weight excluding hydrogens is 209 g/mol. The summed E-state index contributed by atoms with van der Waals surface area (Å²) >= 11 is -5.38. The minimum atomic E-state index is -5.38. The zero-order chi connectivity index (χ0) is 4.50. The summed E-state index contributed by atoms with van der Waals surface area (Å²) in [5.41, 5.74) is 0. The molecule has 0 fully saturated rings. The second kappa shape index (κ2) is 4.84. The Morgan fingerprint density at radius 3 is 1.14 bits per heavy atom. The molecular formula is H2ClMn2O4. The fourth-order valence-corrected chi connectivity index (χ4v) is 0. The molecule has 0 heterocycles. The Balaban J connectivity index is -0.0000000800. The van der Waals surface area contributed by atoms with E-state index in [1.54, 1.807) is 0 Å². The Bertz CT molecular complexity index is 131. The fraction of sp³-hybridized carbons (Fsp3) is 0. The van der Waals surface area contributed by atoms with Gasteiger partial charge in [0.05, 0.1) is 0 Å². The first kappa shape index (κ1) is 15.6. The predicted molar refractivity (Wildman–Crippen MR) is 11.5 cm³/mol. The van der Waals surface area contributed by atoms with Crippen molar-refractivity contribution in [1.82, 2.24) is 0 Å². The maximum absolute atomic E-state index is 8.69. The molecule has 0 aromatic carbocycles. The molecule has 0 amide bonds. The molecule has 0 saturated heterocycles. The van der Waals surface area contributed by atoms with Crippen molar-refractivity contribution in [2.45, 2.75) is 0 Å². The third-order valence-electron chi connectivity index (χ3n) is 0. The van der Waals surface area contributed by atoms with Crippen LogP contribution in [0.4, 0.5) is 0 Å². The standard InChI is InChI=1S/ClH.2Mn.H2O.3O/h1H;;;1H2;;;/q;;+1;;;;/p-1. The quantitative estimate of drug-likeness (QED) is 0.549. The third-order valence-corrected chi connectivity index (χ3v) is 0. The van der Waals surface area contributed by atoms with E-state index in [0.29, 0.717) is 0 Å². The predicted octanol–water partition coefficient (Wildman–Crippen LogP) is -0.497. The first-order chi connectivity index (χ1) is 2.00. The third kappa shape index (κ3) is 310. The van der Waals surface area contributed by atoms with E-state index >= 15 is 0 Å². The van der Waals surface area contributed by atoms with Crippen LogP contribution in [0, 0.1) is 0 Å². The topological polar surface area (TPSA) is 71.4 Å². The fourth-order valence-electron chi connectivity index (χ4n) is 0. The summed E-state index contributed by atoms with van der Waals surface area (Å²) in [6, 6.07) is 0. The zero-order valence-corrected chi connectivity index (χ0v) is 6.01. The molecule has 47 valence electrons. The van der Waals surface area contributed by atoms with Crippen molar-refractivity contribution in [3.8, 4) is 0 Å². The van der Waals surface area contributed by atoms with Crippen LogP contribution in [0.5, 0.6) is 0 Å². The molecule has 0 aromatic rings. The normalized spacial score (nSPS) is 8.14.